The molecule has 0 aliphatic rings. The molecule has 2 aromatic rings. The van der Waals surface area contributed by atoms with Crippen LogP contribution in [0.4, 0.5) is 14.5 Å². The van der Waals surface area contributed by atoms with Gasteiger partial charge in [0.05, 0.1) is 0 Å². The van der Waals surface area contributed by atoms with E-state index in [9.17, 15) is 13.6 Å². The maximum atomic E-state index is 13.7. The molecule has 0 saturated carbocycles. The van der Waals surface area contributed by atoms with Crippen LogP contribution in [0.2, 0.25) is 5.15 Å². The summed E-state index contributed by atoms with van der Waals surface area (Å²) in [7, 11) is 0. The van der Waals surface area contributed by atoms with Gasteiger partial charge in [-0.05, 0) is 30.7 Å². The Labute approximate surface area is 113 Å². The number of nitrogens with one attached hydrogen (secondary N) is 1. The number of hydrogen-bond donors (Lipinski definition) is 1. The van der Waals surface area contributed by atoms with Crippen molar-refractivity contribution in [2.75, 3.05) is 5.32 Å². The predicted octanol–water partition coefficient (Wildman–Crippen LogP) is 3.57. The Bertz CT molecular complexity index is 647. The zero-order chi connectivity index (χ0) is 14.0. The van der Waals surface area contributed by atoms with E-state index in [1.54, 1.807) is 0 Å². The van der Waals surface area contributed by atoms with E-state index in [2.05, 4.69) is 10.3 Å². The number of nitrogens with zero attached hydrogens (tertiary/aromatic N) is 1. The van der Waals surface area contributed by atoms with Crippen molar-refractivity contribution in [1.29, 1.82) is 0 Å². The molecule has 0 aliphatic heterocycles. The minimum absolute atomic E-state index is 0.0205. The fourth-order valence-corrected chi connectivity index (χ4v) is 1.65. The number of aromatic nitrogens is 1. The van der Waals surface area contributed by atoms with Gasteiger partial charge in [0.25, 0.3) is 5.91 Å². The molecule has 1 N–H and O–H groups in total. The summed E-state index contributed by atoms with van der Waals surface area (Å²) in [5, 5.41) is 2.28. The number of carbonyl (C=O) groups is 1. The van der Waals surface area contributed by atoms with Gasteiger partial charge in [0, 0.05) is 0 Å². The van der Waals surface area contributed by atoms with E-state index in [-0.39, 0.29) is 16.4 Å². The molecule has 0 fully saturated rings. The molecule has 0 radical (unpaired) electrons. The largest absolute Gasteiger partial charge is 0.316 e. The lowest BCUT2D eigenvalue weighted by Gasteiger charge is -2.08. The standard InChI is InChI=1S/C13H9ClF2N2O/c1-7-5-6-8(15)12(11(7)16)18-13(19)9-3-2-4-10(14)17-9/h2-6H,1H3,(H,18,19). The average Bonchev–Trinajstić information content (AvgIpc) is 2.39. The second-order valence-corrected chi connectivity index (χ2v) is 4.24. The van der Waals surface area contributed by atoms with Crippen LogP contribution in [0.5, 0.6) is 0 Å². The summed E-state index contributed by atoms with van der Waals surface area (Å²) in [5.41, 5.74) is -0.282. The van der Waals surface area contributed by atoms with Crippen LogP contribution in [0, 0.1) is 18.6 Å². The van der Waals surface area contributed by atoms with Gasteiger partial charge in [0.2, 0.25) is 0 Å². The number of aryl methyl sites for hydroxylation is 1. The third kappa shape index (κ3) is 2.88. The summed E-state index contributed by atoms with van der Waals surface area (Å²) < 4.78 is 27.2. The van der Waals surface area contributed by atoms with E-state index in [1.807, 2.05) is 0 Å². The SMILES string of the molecule is Cc1ccc(F)c(NC(=O)c2cccc(Cl)n2)c1F. The van der Waals surface area contributed by atoms with Crippen molar-refractivity contribution in [2.45, 2.75) is 6.92 Å². The first-order valence-corrected chi connectivity index (χ1v) is 5.75. The third-order valence-electron chi connectivity index (χ3n) is 2.47. The molecule has 0 aliphatic carbocycles. The Morgan fingerprint density at radius 1 is 1.26 bits per heavy atom. The molecular weight excluding hydrogens is 274 g/mol. The van der Waals surface area contributed by atoms with Crippen molar-refractivity contribution < 1.29 is 13.6 Å². The van der Waals surface area contributed by atoms with Crippen molar-refractivity contribution in [3.05, 3.63) is 58.4 Å². The Hall–Kier alpha value is -2.01. The van der Waals surface area contributed by atoms with Crippen LogP contribution in [-0.4, -0.2) is 10.9 Å². The minimum Gasteiger partial charge on any atom is -0.316 e. The quantitative estimate of drug-likeness (QED) is 0.856. The van der Waals surface area contributed by atoms with Crippen LogP contribution in [0.1, 0.15) is 16.1 Å². The van der Waals surface area contributed by atoms with E-state index >= 15 is 0 Å². The first-order valence-electron chi connectivity index (χ1n) is 5.37. The number of amides is 1. The Morgan fingerprint density at radius 2 is 2.00 bits per heavy atom. The summed E-state index contributed by atoms with van der Waals surface area (Å²) in [5.74, 6) is -2.39. The zero-order valence-corrected chi connectivity index (χ0v) is 10.6. The number of anilines is 1. The van der Waals surface area contributed by atoms with E-state index in [0.29, 0.717) is 0 Å². The fraction of sp³-hybridized carbons (Fsp3) is 0.0769. The van der Waals surface area contributed by atoms with Crippen molar-refractivity contribution in [3.8, 4) is 0 Å². The molecule has 6 heteroatoms. The summed E-state index contributed by atoms with van der Waals surface area (Å²) in [6, 6.07) is 6.78. The van der Waals surface area contributed by atoms with Crippen LogP contribution in [0.3, 0.4) is 0 Å². The number of hydrogen-bond acceptors (Lipinski definition) is 2. The number of benzene rings is 1. The van der Waals surface area contributed by atoms with Crippen LogP contribution in [-0.2, 0) is 0 Å². The molecule has 2 rings (SSSR count). The van der Waals surface area contributed by atoms with E-state index in [4.69, 9.17) is 11.6 Å². The molecular formula is C13H9ClF2N2O. The number of rotatable bonds is 2. The van der Waals surface area contributed by atoms with Gasteiger partial charge < -0.3 is 5.32 Å². The summed E-state index contributed by atoms with van der Waals surface area (Å²) in [6.45, 7) is 1.47. The molecule has 1 aromatic carbocycles. The lowest BCUT2D eigenvalue weighted by Crippen LogP contribution is -2.16. The van der Waals surface area contributed by atoms with Crippen molar-refractivity contribution in [3.63, 3.8) is 0 Å². The maximum Gasteiger partial charge on any atom is 0.274 e. The molecule has 3 nitrogen and oxygen atoms in total. The van der Waals surface area contributed by atoms with Gasteiger partial charge in [0.1, 0.15) is 22.4 Å². The Balaban J connectivity index is 2.32. The molecule has 1 heterocycles. The molecule has 0 spiro atoms. The van der Waals surface area contributed by atoms with E-state index < -0.39 is 23.2 Å². The molecule has 0 atom stereocenters. The maximum absolute atomic E-state index is 13.7. The lowest BCUT2D eigenvalue weighted by molar-refractivity contribution is 0.102. The Morgan fingerprint density at radius 3 is 2.68 bits per heavy atom. The molecule has 98 valence electrons. The summed E-state index contributed by atoms with van der Waals surface area (Å²) >= 11 is 5.64. The fourth-order valence-electron chi connectivity index (χ4n) is 1.48. The summed E-state index contributed by atoms with van der Waals surface area (Å²) in [4.78, 5) is 15.6. The highest BCUT2D eigenvalue weighted by molar-refractivity contribution is 6.29. The van der Waals surface area contributed by atoms with Gasteiger partial charge in [-0.3, -0.25) is 4.79 Å². The molecule has 0 unspecified atom stereocenters. The highest BCUT2D eigenvalue weighted by atomic mass is 35.5. The number of carbonyl (C=O) groups excluding carboxylic acids is 1. The minimum atomic E-state index is -0.849. The van der Waals surface area contributed by atoms with Crippen molar-refractivity contribution in [2.24, 2.45) is 0 Å². The second kappa shape index (κ2) is 5.32. The molecule has 0 bridgehead atoms. The van der Waals surface area contributed by atoms with Gasteiger partial charge in [-0.1, -0.05) is 23.7 Å². The zero-order valence-electron chi connectivity index (χ0n) is 9.88. The monoisotopic (exact) mass is 282 g/mol. The average molecular weight is 283 g/mol. The van der Waals surface area contributed by atoms with Crippen LogP contribution < -0.4 is 5.32 Å². The normalized spacial score (nSPS) is 10.3. The van der Waals surface area contributed by atoms with Crippen molar-refractivity contribution >= 4 is 23.2 Å². The van der Waals surface area contributed by atoms with E-state index in [0.717, 1.165) is 6.07 Å². The first-order chi connectivity index (χ1) is 8.99. The number of halogens is 3. The highest BCUT2D eigenvalue weighted by Crippen LogP contribution is 2.22. The van der Waals surface area contributed by atoms with Crippen LogP contribution in [0.15, 0.2) is 30.3 Å². The third-order valence-corrected chi connectivity index (χ3v) is 2.68. The smallest absolute Gasteiger partial charge is 0.274 e. The molecule has 19 heavy (non-hydrogen) atoms. The van der Waals surface area contributed by atoms with Gasteiger partial charge in [-0.2, -0.15) is 0 Å². The van der Waals surface area contributed by atoms with E-state index in [1.165, 1.54) is 31.2 Å². The molecule has 1 amide bonds. The lowest BCUT2D eigenvalue weighted by atomic mass is 10.2. The van der Waals surface area contributed by atoms with Crippen molar-refractivity contribution in [1.82, 2.24) is 4.98 Å². The number of pyridine rings is 1. The summed E-state index contributed by atoms with van der Waals surface area (Å²) in [6.07, 6.45) is 0. The molecule has 1 aromatic heterocycles. The first kappa shape index (κ1) is 13.4. The van der Waals surface area contributed by atoms with Crippen LogP contribution >= 0.6 is 11.6 Å². The Kier molecular flexibility index (Phi) is 3.76. The predicted molar refractivity (Wildman–Crippen MR) is 68.3 cm³/mol. The van der Waals surface area contributed by atoms with Gasteiger partial charge >= 0.3 is 0 Å². The van der Waals surface area contributed by atoms with Gasteiger partial charge in [0.15, 0.2) is 5.82 Å². The molecule has 0 saturated heterocycles. The van der Waals surface area contributed by atoms with Gasteiger partial charge in [-0.15, -0.1) is 0 Å². The van der Waals surface area contributed by atoms with Gasteiger partial charge in [-0.25, -0.2) is 13.8 Å². The van der Waals surface area contributed by atoms with Crippen LogP contribution in [0.25, 0.3) is 0 Å². The topological polar surface area (TPSA) is 42.0 Å². The second-order valence-electron chi connectivity index (χ2n) is 3.85. The highest BCUT2D eigenvalue weighted by Gasteiger charge is 2.16.